The Morgan fingerprint density at radius 2 is 2.25 bits per heavy atom. The molecule has 0 amide bonds. The van der Waals surface area contributed by atoms with Crippen molar-refractivity contribution in [2.75, 3.05) is 13.1 Å². The lowest BCUT2D eigenvalue weighted by Crippen LogP contribution is -2.42. The molecule has 1 rings (SSSR count). The number of nitrogens with zero attached hydrogens (tertiary/aromatic N) is 2. The highest BCUT2D eigenvalue weighted by Gasteiger charge is 2.23. The van der Waals surface area contributed by atoms with Crippen molar-refractivity contribution in [1.29, 1.82) is 5.26 Å². The summed E-state index contributed by atoms with van der Waals surface area (Å²) in [5.74, 6) is 0.803. The predicted molar refractivity (Wildman–Crippen MR) is 49.7 cm³/mol. The third-order valence-corrected chi connectivity index (χ3v) is 3.02. The lowest BCUT2D eigenvalue weighted by atomic mass is 9.92. The van der Waals surface area contributed by atoms with E-state index in [1.165, 1.54) is 19.4 Å². The SMILES string of the molecule is CC1CCCN(CCC#N)C1C. The molecule has 0 aromatic carbocycles. The monoisotopic (exact) mass is 166 g/mol. The molecule has 2 atom stereocenters. The minimum absolute atomic E-state index is 0.673. The van der Waals surface area contributed by atoms with Crippen LogP contribution in [-0.2, 0) is 0 Å². The molecule has 0 radical (unpaired) electrons. The highest BCUT2D eigenvalue weighted by Crippen LogP contribution is 2.22. The van der Waals surface area contributed by atoms with Crippen molar-refractivity contribution >= 4 is 0 Å². The van der Waals surface area contributed by atoms with Gasteiger partial charge >= 0.3 is 0 Å². The van der Waals surface area contributed by atoms with E-state index in [0.29, 0.717) is 12.5 Å². The number of hydrogen-bond acceptors (Lipinski definition) is 2. The van der Waals surface area contributed by atoms with Crippen LogP contribution < -0.4 is 0 Å². The van der Waals surface area contributed by atoms with Gasteiger partial charge in [0.25, 0.3) is 0 Å². The van der Waals surface area contributed by atoms with Gasteiger partial charge in [0.1, 0.15) is 0 Å². The van der Waals surface area contributed by atoms with Crippen LogP contribution in [0.3, 0.4) is 0 Å². The summed E-state index contributed by atoms with van der Waals surface area (Å²) in [6, 6.07) is 2.88. The number of piperidine rings is 1. The third kappa shape index (κ3) is 2.22. The van der Waals surface area contributed by atoms with Gasteiger partial charge in [-0.2, -0.15) is 5.26 Å². The van der Waals surface area contributed by atoms with Gasteiger partial charge in [-0.1, -0.05) is 6.92 Å². The predicted octanol–water partition coefficient (Wildman–Crippen LogP) is 2.02. The lowest BCUT2D eigenvalue weighted by molar-refractivity contribution is 0.116. The molecule has 1 saturated heterocycles. The Kier molecular flexibility index (Phi) is 3.55. The van der Waals surface area contributed by atoms with E-state index in [0.717, 1.165) is 12.5 Å². The van der Waals surface area contributed by atoms with Gasteiger partial charge in [0.05, 0.1) is 6.07 Å². The Morgan fingerprint density at radius 3 is 2.92 bits per heavy atom. The van der Waals surface area contributed by atoms with Gasteiger partial charge in [-0.25, -0.2) is 0 Å². The Labute approximate surface area is 75.2 Å². The molecule has 1 aliphatic rings. The van der Waals surface area contributed by atoms with Crippen LogP contribution in [0.2, 0.25) is 0 Å². The van der Waals surface area contributed by atoms with Gasteiger partial charge in [-0.15, -0.1) is 0 Å². The van der Waals surface area contributed by atoms with Crippen LogP contribution >= 0.6 is 0 Å². The van der Waals surface area contributed by atoms with Gasteiger partial charge in [0, 0.05) is 19.0 Å². The van der Waals surface area contributed by atoms with Gasteiger partial charge in [-0.05, 0) is 32.2 Å². The first-order valence-electron chi connectivity index (χ1n) is 4.86. The van der Waals surface area contributed by atoms with Crippen LogP contribution in [0.4, 0.5) is 0 Å². The van der Waals surface area contributed by atoms with E-state index in [1.807, 2.05) is 0 Å². The van der Waals surface area contributed by atoms with Gasteiger partial charge in [0.2, 0.25) is 0 Å². The fourth-order valence-corrected chi connectivity index (χ4v) is 1.93. The maximum Gasteiger partial charge on any atom is 0.0635 e. The van der Waals surface area contributed by atoms with Gasteiger partial charge < -0.3 is 0 Å². The second kappa shape index (κ2) is 4.47. The summed E-state index contributed by atoms with van der Waals surface area (Å²) >= 11 is 0. The molecule has 1 fully saturated rings. The van der Waals surface area contributed by atoms with E-state index in [4.69, 9.17) is 5.26 Å². The maximum absolute atomic E-state index is 8.47. The van der Waals surface area contributed by atoms with Crippen molar-refractivity contribution in [3.8, 4) is 6.07 Å². The molecule has 0 bridgehead atoms. The van der Waals surface area contributed by atoms with Crippen molar-refractivity contribution in [3.05, 3.63) is 0 Å². The quantitative estimate of drug-likeness (QED) is 0.627. The number of nitriles is 1. The average Bonchev–Trinajstić information content (AvgIpc) is 2.08. The molecule has 0 spiro atoms. The summed E-state index contributed by atoms with van der Waals surface area (Å²) in [5, 5.41) is 8.47. The van der Waals surface area contributed by atoms with Crippen molar-refractivity contribution < 1.29 is 0 Å². The molecule has 1 aliphatic heterocycles. The summed E-state index contributed by atoms with van der Waals surface area (Å²) in [7, 11) is 0. The molecule has 0 aromatic rings. The second-order valence-corrected chi connectivity index (χ2v) is 3.80. The zero-order chi connectivity index (χ0) is 8.97. The average molecular weight is 166 g/mol. The molecule has 12 heavy (non-hydrogen) atoms. The van der Waals surface area contributed by atoms with Crippen molar-refractivity contribution in [2.24, 2.45) is 5.92 Å². The highest BCUT2D eigenvalue weighted by atomic mass is 15.2. The summed E-state index contributed by atoms with van der Waals surface area (Å²) in [5.41, 5.74) is 0. The summed E-state index contributed by atoms with van der Waals surface area (Å²) < 4.78 is 0. The molecule has 2 heteroatoms. The highest BCUT2D eigenvalue weighted by molar-refractivity contribution is 4.81. The number of likely N-dealkylation sites (tertiary alicyclic amines) is 1. The normalized spacial score (nSPS) is 31.4. The lowest BCUT2D eigenvalue weighted by Gasteiger charge is -2.37. The van der Waals surface area contributed by atoms with Crippen LogP contribution in [-0.4, -0.2) is 24.0 Å². The van der Waals surface area contributed by atoms with E-state index in [-0.39, 0.29) is 0 Å². The van der Waals surface area contributed by atoms with Gasteiger partial charge in [0.15, 0.2) is 0 Å². The minimum Gasteiger partial charge on any atom is -0.299 e. The molecular formula is C10H18N2. The van der Waals surface area contributed by atoms with E-state index in [9.17, 15) is 0 Å². The fraction of sp³-hybridized carbons (Fsp3) is 0.900. The summed E-state index contributed by atoms with van der Waals surface area (Å²) in [6.07, 6.45) is 3.33. The zero-order valence-corrected chi connectivity index (χ0v) is 8.08. The van der Waals surface area contributed by atoms with Crippen molar-refractivity contribution in [2.45, 2.75) is 39.2 Å². The van der Waals surface area contributed by atoms with E-state index >= 15 is 0 Å². The topological polar surface area (TPSA) is 27.0 Å². The smallest absolute Gasteiger partial charge is 0.0635 e. The molecule has 0 N–H and O–H groups in total. The summed E-state index contributed by atoms with van der Waals surface area (Å²) in [6.45, 7) is 6.74. The van der Waals surface area contributed by atoms with E-state index in [2.05, 4.69) is 24.8 Å². The fourth-order valence-electron chi connectivity index (χ4n) is 1.93. The molecule has 2 unspecified atom stereocenters. The molecule has 1 heterocycles. The number of hydrogen-bond donors (Lipinski definition) is 0. The van der Waals surface area contributed by atoms with E-state index in [1.54, 1.807) is 0 Å². The first kappa shape index (κ1) is 9.54. The van der Waals surface area contributed by atoms with Crippen LogP contribution in [0.15, 0.2) is 0 Å². The van der Waals surface area contributed by atoms with Crippen LogP contribution in [0.25, 0.3) is 0 Å². The molecule has 2 nitrogen and oxygen atoms in total. The van der Waals surface area contributed by atoms with Gasteiger partial charge in [-0.3, -0.25) is 4.90 Å². The zero-order valence-electron chi connectivity index (χ0n) is 8.08. The third-order valence-electron chi connectivity index (χ3n) is 3.02. The van der Waals surface area contributed by atoms with Crippen LogP contribution in [0.5, 0.6) is 0 Å². The standard InChI is InChI=1S/C10H18N2/c1-9-5-3-7-12(10(9)2)8-4-6-11/h9-10H,3-5,7-8H2,1-2H3. The minimum atomic E-state index is 0.673. The molecule has 0 aliphatic carbocycles. The summed E-state index contributed by atoms with van der Waals surface area (Å²) in [4.78, 5) is 2.44. The van der Waals surface area contributed by atoms with Crippen molar-refractivity contribution in [3.63, 3.8) is 0 Å². The molecule has 0 saturated carbocycles. The number of rotatable bonds is 2. The molecule has 0 aromatic heterocycles. The largest absolute Gasteiger partial charge is 0.299 e. The van der Waals surface area contributed by atoms with Crippen LogP contribution in [0.1, 0.15) is 33.1 Å². The Balaban J connectivity index is 2.36. The van der Waals surface area contributed by atoms with E-state index < -0.39 is 0 Å². The molecular weight excluding hydrogens is 148 g/mol. The first-order chi connectivity index (χ1) is 5.75. The van der Waals surface area contributed by atoms with Crippen molar-refractivity contribution in [1.82, 2.24) is 4.90 Å². The second-order valence-electron chi connectivity index (χ2n) is 3.80. The first-order valence-corrected chi connectivity index (χ1v) is 4.86. The molecule has 68 valence electrons. The van der Waals surface area contributed by atoms with Crippen LogP contribution in [0, 0.1) is 17.2 Å². The Morgan fingerprint density at radius 1 is 1.50 bits per heavy atom. The Hall–Kier alpha value is -0.550. The Bertz CT molecular complexity index is 171. The maximum atomic E-state index is 8.47.